The van der Waals surface area contributed by atoms with Gasteiger partial charge in [0.2, 0.25) is 0 Å². The first-order valence-electron chi connectivity index (χ1n) is 5.35. The van der Waals surface area contributed by atoms with Crippen molar-refractivity contribution < 1.29 is 0 Å². The molecule has 2 rings (SSSR count). The summed E-state index contributed by atoms with van der Waals surface area (Å²) < 4.78 is 2.23. The van der Waals surface area contributed by atoms with Crippen molar-refractivity contribution in [1.29, 1.82) is 0 Å². The van der Waals surface area contributed by atoms with E-state index in [4.69, 9.17) is 0 Å². The Labute approximate surface area is 119 Å². The summed E-state index contributed by atoms with van der Waals surface area (Å²) in [6.45, 7) is 2.09. The number of hydrogen-bond donors (Lipinski definition) is 0. The maximum Gasteiger partial charge on any atom is 0.0250 e. The zero-order valence-electron chi connectivity index (χ0n) is 9.45. The lowest BCUT2D eigenvalue weighted by molar-refractivity contribution is 1.44. The minimum Gasteiger partial charge on any atom is -0.0606 e. The van der Waals surface area contributed by atoms with Crippen LogP contribution in [-0.4, -0.2) is 0 Å². The molecule has 0 N–H and O–H groups in total. The minimum absolute atomic E-state index is 1.10. The van der Waals surface area contributed by atoms with Crippen molar-refractivity contribution in [3.8, 4) is 0 Å². The third kappa shape index (κ3) is 3.55. The first-order chi connectivity index (χ1) is 8.15. The molecule has 0 aliphatic rings. The molecule has 0 amide bonds. The number of halogens is 2. The second kappa shape index (κ2) is 5.65. The highest BCUT2D eigenvalue weighted by Crippen LogP contribution is 2.21. The molecule has 0 aliphatic carbocycles. The van der Waals surface area contributed by atoms with E-state index >= 15 is 0 Å². The molecule has 0 bridgehead atoms. The second-order valence-corrected chi connectivity index (χ2v) is 5.68. The van der Waals surface area contributed by atoms with Crippen LogP contribution in [0.25, 0.3) is 12.2 Å². The molecule has 2 aromatic carbocycles. The first-order valence-corrected chi connectivity index (χ1v) is 6.93. The van der Waals surface area contributed by atoms with Crippen LogP contribution in [0.3, 0.4) is 0 Å². The molecule has 0 atom stereocenters. The van der Waals surface area contributed by atoms with Gasteiger partial charge in [0.15, 0.2) is 0 Å². The minimum atomic E-state index is 1.10. The average Bonchev–Trinajstić information content (AvgIpc) is 2.28. The zero-order valence-corrected chi connectivity index (χ0v) is 12.6. The van der Waals surface area contributed by atoms with Crippen molar-refractivity contribution in [2.24, 2.45) is 0 Å². The lowest BCUT2D eigenvalue weighted by Gasteiger charge is -2.00. The highest BCUT2D eigenvalue weighted by Gasteiger charge is 1.96. The van der Waals surface area contributed by atoms with Gasteiger partial charge in [-0.05, 0) is 41.8 Å². The highest BCUT2D eigenvalue weighted by molar-refractivity contribution is 9.10. The van der Waals surface area contributed by atoms with E-state index in [0.717, 1.165) is 8.95 Å². The Kier molecular flexibility index (Phi) is 4.19. The molecule has 0 saturated carbocycles. The normalized spacial score (nSPS) is 11.0. The largest absolute Gasteiger partial charge is 0.0606 e. The molecule has 0 saturated heterocycles. The van der Waals surface area contributed by atoms with Crippen LogP contribution in [0.1, 0.15) is 16.7 Å². The summed E-state index contributed by atoms with van der Waals surface area (Å²) in [6.07, 6.45) is 4.23. The Morgan fingerprint density at radius 3 is 2.47 bits per heavy atom. The Bertz CT molecular complexity index is 557. The van der Waals surface area contributed by atoms with E-state index < -0.39 is 0 Å². The molecule has 0 aromatic heterocycles. The van der Waals surface area contributed by atoms with Crippen molar-refractivity contribution in [3.05, 3.63) is 68.1 Å². The molecule has 2 heteroatoms. The standard InChI is InChI=1S/C15H12Br2/c1-11-5-7-13(15(17)9-11)8-6-12-3-2-4-14(16)10-12/h2-10H,1H3. The van der Waals surface area contributed by atoms with Crippen LogP contribution in [-0.2, 0) is 0 Å². The van der Waals surface area contributed by atoms with Crippen molar-refractivity contribution >= 4 is 44.0 Å². The maximum absolute atomic E-state index is 3.57. The summed E-state index contributed by atoms with van der Waals surface area (Å²) in [6, 6.07) is 14.6. The third-order valence-electron chi connectivity index (χ3n) is 2.46. The lowest BCUT2D eigenvalue weighted by Crippen LogP contribution is -1.78. The summed E-state index contributed by atoms with van der Waals surface area (Å²) in [4.78, 5) is 0. The fourth-order valence-corrected chi connectivity index (χ4v) is 2.61. The van der Waals surface area contributed by atoms with Crippen molar-refractivity contribution in [1.82, 2.24) is 0 Å². The number of hydrogen-bond acceptors (Lipinski definition) is 0. The van der Waals surface area contributed by atoms with Gasteiger partial charge in [-0.2, -0.15) is 0 Å². The molecule has 0 heterocycles. The molecule has 0 fully saturated rings. The van der Waals surface area contributed by atoms with Crippen LogP contribution in [0.5, 0.6) is 0 Å². The van der Waals surface area contributed by atoms with Crippen molar-refractivity contribution in [3.63, 3.8) is 0 Å². The van der Waals surface area contributed by atoms with Gasteiger partial charge >= 0.3 is 0 Å². The van der Waals surface area contributed by atoms with Gasteiger partial charge in [0.25, 0.3) is 0 Å². The topological polar surface area (TPSA) is 0 Å². The first kappa shape index (κ1) is 12.6. The van der Waals surface area contributed by atoms with Gasteiger partial charge < -0.3 is 0 Å². The molecule has 2 aromatic rings. The summed E-state index contributed by atoms with van der Waals surface area (Å²) in [5, 5.41) is 0. The molecular formula is C15H12Br2. The van der Waals surface area contributed by atoms with Gasteiger partial charge in [0, 0.05) is 8.95 Å². The third-order valence-corrected chi connectivity index (χ3v) is 3.64. The van der Waals surface area contributed by atoms with Crippen LogP contribution in [0.2, 0.25) is 0 Å². The van der Waals surface area contributed by atoms with Gasteiger partial charge in [-0.25, -0.2) is 0 Å². The molecule has 0 aliphatic heterocycles. The quantitative estimate of drug-likeness (QED) is 0.609. The Morgan fingerprint density at radius 2 is 1.76 bits per heavy atom. The smallest absolute Gasteiger partial charge is 0.0250 e. The van der Waals surface area contributed by atoms with Gasteiger partial charge in [0.1, 0.15) is 0 Å². The Hall–Kier alpha value is -0.860. The summed E-state index contributed by atoms with van der Waals surface area (Å²) in [5.74, 6) is 0. The molecule has 0 nitrogen and oxygen atoms in total. The van der Waals surface area contributed by atoms with Gasteiger partial charge in [-0.3, -0.25) is 0 Å². The van der Waals surface area contributed by atoms with Crippen LogP contribution in [0.4, 0.5) is 0 Å². The summed E-state index contributed by atoms with van der Waals surface area (Å²) in [5.41, 5.74) is 3.64. The SMILES string of the molecule is Cc1ccc(C=Cc2cccc(Br)c2)c(Br)c1. The van der Waals surface area contributed by atoms with E-state index in [1.54, 1.807) is 0 Å². The molecule has 0 radical (unpaired) electrons. The fourth-order valence-electron chi connectivity index (χ4n) is 1.56. The number of aryl methyl sites for hydroxylation is 1. The van der Waals surface area contributed by atoms with E-state index in [1.165, 1.54) is 16.7 Å². The van der Waals surface area contributed by atoms with E-state index in [-0.39, 0.29) is 0 Å². The number of benzene rings is 2. The Morgan fingerprint density at radius 1 is 0.941 bits per heavy atom. The lowest BCUT2D eigenvalue weighted by atomic mass is 10.1. The van der Waals surface area contributed by atoms with Crippen LogP contribution in [0.15, 0.2) is 51.4 Å². The predicted octanol–water partition coefficient (Wildman–Crippen LogP) is 5.69. The average molecular weight is 352 g/mol. The van der Waals surface area contributed by atoms with Gasteiger partial charge in [-0.1, -0.05) is 68.3 Å². The van der Waals surface area contributed by atoms with Gasteiger partial charge in [-0.15, -0.1) is 0 Å². The van der Waals surface area contributed by atoms with E-state index in [9.17, 15) is 0 Å². The van der Waals surface area contributed by atoms with Crippen LogP contribution >= 0.6 is 31.9 Å². The van der Waals surface area contributed by atoms with Crippen LogP contribution < -0.4 is 0 Å². The molecule has 17 heavy (non-hydrogen) atoms. The molecule has 0 spiro atoms. The van der Waals surface area contributed by atoms with Gasteiger partial charge in [0.05, 0.1) is 0 Å². The highest BCUT2D eigenvalue weighted by atomic mass is 79.9. The molecule has 0 unspecified atom stereocenters. The Balaban J connectivity index is 2.26. The monoisotopic (exact) mass is 350 g/mol. The van der Waals surface area contributed by atoms with Crippen molar-refractivity contribution in [2.75, 3.05) is 0 Å². The molecule has 86 valence electrons. The van der Waals surface area contributed by atoms with Crippen molar-refractivity contribution in [2.45, 2.75) is 6.92 Å². The summed E-state index contributed by atoms with van der Waals surface area (Å²) in [7, 11) is 0. The molecular weight excluding hydrogens is 340 g/mol. The fraction of sp³-hybridized carbons (Fsp3) is 0.0667. The maximum atomic E-state index is 3.57. The summed E-state index contributed by atoms with van der Waals surface area (Å²) >= 11 is 7.04. The van der Waals surface area contributed by atoms with E-state index in [1.807, 2.05) is 12.1 Å². The van der Waals surface area contributed by atoms with E-state index in [0.29, 0.717) is 0 Å². The number of rotatable bonds is 2. The zero-order chi connectivity index (χ0) is 12.3. The van der Waals surface area contributed by atoms with E-state index in [2.05, 4.69) is 81.3 Å². The van der Waals surface area contributed by atoms with Crippen LogP contribution in [0, 0.1) is 6.92 Å². The predicted molar refractivity (Wildman–Crippen MR) is 81.9 cm³/mol. The second-order valence-electron chi connectivity index (χ2n) is 3.91.